The van der Waals surface area contributed by atoms with E-state index in [1.54, 1.807) is 6.07 Å². The lowest BCUT2D eigenvalue weighted by Gasteiger charge is -2.23. The van der Waals surface area contributed by atoms with Crippen molar-refractivity contribution < 1.29 is 23.8 Å². The summed E-state index contributed by atoms with van der Waals surface area (Å²) >= 11 is 1.52. The number of aromatic nitrogens is 1. The van der Waals surface area contributed by atoms with Gasteiger partial charge in [-0.15, -0.1) is 11.8 Å². The number of ether oxygens (including phenoxy) is 3. The number of aromatic amines is 1. The standard InChI is InChI=1S/C24H25NO5S/c1-28-23(26)17-12-19(31-3)22-20(21(17)24(27)29-2)16-11-15(9-10-18(16)25-22)30-13-14-7-5-4-6-8-14/h4-8,12,15,25H,9-11,13H2,1-3H3. The van der Waals surface area contributed by atoms with E-state index in [1.165, 1.54) is 26.0 Å². The van der Waals surface area contributed by atoms with E-state index in [9.17, 15) is 9.59 Å². The fourth-order valence-electron chi connectivity index (χ4n) is 4.21. The number of hydrogen-bond acceptors (Lipinski definition) is 6. The highest BCUT2D eigenvalue weighted by Gasteiger charge is 2.31. The van der Waals surface area contributed by atoms with Gasteiger partial charge in [0.2, 0.25) is 0 Å². The average Bonchev–Trinajstić information content (AvgIpc) is 3.20. The number of carbonyl (C=O) groups excluding carboxylic acids is 2. The predicted octanol–water partition coefficient (Wildman–Crippen LogP) is 4.54. The number of hydrogen-bond donors (Lipinski definition) is 1. The minimum Gasteiger partial charge on any atom is -0.465 e. The normalized spacial score (nSPS) is 15.5. The molecule has 1 unspecified atom stereocenters. The van der Waals surface area contributed by atoms with Crippen molar-refractivity contribution in [3.63, 3.8) is 0 Å². The highest BCUT2D eigenvalue weighted by Crippen LogP contribution is 2.39. The molecule has 0 amide bonds. The van der Waals surface area contributed by atoms with Crippen molar-refractivity contribution in [2.75, 3.05) is 20.5 Å². The molecular formula is C24H25NO5S. The summed E-state index contributed by atoms with van der Waals surface area (Å²) in [5, 5.41) is 0.738. The fraction of sp³-hybridized carbons (Fsp3) is 0.333. The van der Waals surface area contributed by atoms with E-state index in [-0.39, 0.29) is 17.2 Å². The molecule has 0 aliphatic heterocycles. The van der Waals surface area contributed by atoms with E-state index in [1.807, 2.05) is 36.6 Å². The van der Waals surface area contributed by atoms with Gasteiger partial charge in [0.15, 0.2) is 0 Å². The maximum absolute atomic E-state index is 12.8. The largest absolute Gasteiger partial charge is 0.465 e. The first-order chi connectivity index (χ1) is 15.1. The first-order valence-electron chi connectivity index (χ1n) is 10.1. The number of benzene rings is 2. The molecule has 1 N–H and O–H groups in total. The Morgan fingerprint density at radius 2 is 1.87 bits per heavy atom. The predicted molar refractivity (Wildman–Crippen MR) is 120 cm³/mol. The second kappa shape index (κ2) is 9.16. The molecule has 1 atom stereocenters. The smallest absolute Gasteiger partial charge is 0.339 e. The maximum atomic E-state index is 12.8. The molecule has 0 spiro atoms. The lowest BCUT2D eigenvalue weighted by atomic mass is 9.90. The summed E-state index contributed by atoms with van der Waals surface area (Å²) < 4.78 is 16.2. The Kier molecular flexibility index (Phi) is 6.34. The van der Waals surface area contributed by atoms with Crippen LogP contribution >= 0.6 is 11.8 Å². The summed E-state index contributed by atoms with van der Waals surface area (Å²) in [6, 6.07) is 11.8. The van der Waals surface area contributed by atoms with E-state index in [0.717, 1.165) is 45.5 Å². The van der Waals surface area contributed by atoms with Crippen LogP contribution in [-0.4, -0.2) is 43.5 Å². The highest BCUT2D eigenvalue weighted by molar-refractivity contribution is 7.98. The number of fused-ring (bicyclic) bond motifs is 3. The third-order valence-corrected chi connectivity index (χ3v) is 6.49. The van der Waals surface area contributed by atoms with Gasteiger partial charge in [-0.1, -0.05) is 30.3 Å². The van der Waals surface area contributed by atoms with Gasteiger partial charge in [-0.2, -0.15) is 0 Å². The van der Waals surface area contributed by atoms with Gasteiger partial charge in [0.1, 0.15) is 0 Å². The summed E-state index contributed by atoms with van der Waals surface area (Å²) in [5.74, 6) is -1.10. The zero-order valence-corrected chi connectivity index (χ0v) is 18.6. The van der Waals surface area contributed by atoms with Crippen LogP contribution in [0.4, 0.5) is 0 Å². The van der Waals surface area contributed by atoms with Crippen LogP contribution in [0.15, 0.2) is 41.3 Å². The van der Waals surface area contributed by atoms with Gasteiger partial charge in [-0.05, 0) is 36.3 Å². The summed E-state index contributed by atoms with van der Waals surface area (Å²) in [5.41, 5.74) is 4.55. The number of methoxy groups -OCH3 is 2. The van der Waals surface area contributed by atoms with Crippen molar-refractivity contribution in [3.05, 3.63) is 64.3 Å². The number of rotatable bonds is 6. The number of H-pyrrole nitrogens is 1. The molecule has 162 valence electrons. The molecule has 0 saturated carbocycles. The molecule has 0 saturated heterocycles. The molecule has 2 aromatic carbocycles. The molecule has 31 heavy (non-hydrogen) atoms. The minimum absolute atomic E-state index is 0.0247. The third-order valence-electron chi connectivity index (χ3n) is 5.72. The molecule has 0 fully saturated rings. The first kappa shape index (κ1) is 21.5. The van der Waals surface area contributed by atoms with E-state index in [4.69, 9.17) is 14.2 Å². The van der Waals surface area contributed by atoms with Crippen molar-refractivity contribution in [3.8, 4) is 0 Å². The number of carbonyl (C=O) groups is 2. The lowest BCUT2D eigenvalue weighted by molar-refractivity contribution is 0.0319. The second-order valence-corrected chi connectivity index (χ2v) is 8.33. The van der Waals surface area contributed by atoms with E-state index in [2.05, 4.69) is 4.98 Å². The van der Waals surface area contributed by atoms with E-state index >= 15 is 0 Å². The van der Waals surface area contributed by atoms with Crippen LogP contribution in [-0.2, 0) is 33.7 Å². The maximum Gasteiger partial charge on any atom is 0.339 e. The zero-order chi connectivity index (χ0) is 22.0. The van der Waals surface area contributed by atoms with E-state index in [0.29, 0.717) is 13.0 Å². The number of aryl methyl sites for hydroxylation is 1. The van der Waals surface area contributed by atoms with Crippen molar-refractivity contribution in [1.82, 2.24) is 4.98 Å². The van der Waals surface area contributed by atoms with Crippen LogP contribution < -0.4 is 0 Å². The topological polar surface area (TPSA) is 77.6 Å². The van der Waals surface area contributed by atoms with Crippen LogP contribution in [0.3, 0.4) is 0 Å². The SMILES string of the molecule is COC(=O)c1cc(SC)c2[nH]c3c(c2c1C(=O)OC)CC(OCc1ccccc1)CC3. The van der Waals surface area contributed by atoms with Crippen LogP contribution in [0.5, 0.6) is 0 Å². The Labute approximate surface area is 185 Å². The summed E-state index contributed by atoms with van der Waals surface area (Å²) in [7, 11) is 2.63. The third kappa shape index (κ3) is 4.07. The zero-order valence-electron chi connectivity index (χ0n) is 17.8. The van der Waals surface area contributed by atoms with Gasteiger partial charge in [0.25, 0.3) is 0 Å². The molecule has 1 aromatic heterocycles. The van der Waals surface area contributed by atoms with Crippen LogP contribution in [0, 0.1) is 0 Å². The number of esters is 2. The molecule has 1 aliphatic rings. The Morgan fingerprint density at radius 1 is 1.13 bits per heavy atom. The lowest BCUT2D eigenvalue weighted by Crippen LogP contribution is -2.22. The van der Waals surface area contributed by atoms with Gasteiger partial charge in [-0.25, -0.2) is 9.59 Å². The van der Waals surface area contributed by atoms with Gasteiger partial charge in [0.05, 0.1) is 43.6 Å². The van der Waals surface area contributed by atoms with Crippen LogP contribution in [0.25, 0.3) is 10.9 Å². The van der Waals surface area contributed by atoms with Crippen molar-refractivity contribution >= 4 is 34.6 Å². The molecule has 3 aromatic rings. The summed E-state index contributed by atoms with van der Waals surface area (Å²) in [6.45, 7) is 0.538. The number of thioether (sulfide) groups is 1. The Morgan fingerprint density at radius 3 is 2.55 bits per heavy atom. The monoisotopic (exact) mass is 439 g/mol. The summed E-state index contributed by atoms with van der Waals surface area (Å²) in [6.07, 6.45) is 4.32. The van der Waals surface area contributed by atoms with Crippen LogP contribution in [0.2, 0.25) is 0 Å². The molecule has 1 heterocycles. The fourth-order valence-corrected chi connectivity index (χ4v) is 4.80. The Bertz CT molecular complexity index is 1120. The van der Waals surface area contributed by atoms with Gasteiger partial charge >= 0.3 is 11.9 Å². The Hall–Kier alpha value is -2.77. The molecule has 0 radical (unpaired) electrons. The van der Waals surface area contributed by atoms with Crippen molar-refractivity contribution in [1.29, 1.82) is 0 Å². The average molecular weight is 440 g/mol. The molecule has 7 heteroatoms. The number of nitrogens with one attached hydrogen (secondary N) is 1. The van der Waals surface area contributed by atoms with E-state index < -0.39 is 11.9 Å². The minimum atomic E-state index is -0.555. The molecule has 6 nitrogen and oxygen atoms in total. The van der Waals surface area contributed by atoms with Gasteiger partial charge < -0.3 is 19.2 Å². The van der Waals surface area contributed by atoms with Crippen molar-refractivity contribution in [2.24, 2.45) is 0 Å². The molecule has 1 aliphatic carbocycles. The second-order valence-electron chi connectivity index (χ2n) is 7.48. The van der Waals surface area contributed by atoms with Gasteiger partial charge in [-0.3, -0.25) is 0 Å². The molecular weight excluding hydrogens is 414 g/mol. The summed E-state index contributed by atoms with van der Waals surface area (Å²) in [4.78, 5) is 29.7. The highest BCUT2D eigenvalue weighted by atomic mass is 32.2. The van der Waals surface area contributed by atoms with Crippen molar-refractivity contribution in [2.45, 2.75) is 36.9 Å². The van der Waals surface area contributed by atoms with Gasteiger partial charge in [0, 0.05) is 22.4 Å². The Balaban J connectivity index is 1.78. The molecule has 0 bridgehead atoms. The molecule has 4 rings (SSSR count). The van der Waals surface area contributed by atoms with Crippen LogP contribution in [0.1, 0.15) is 44.0 Å². The first-order valence-corrected chi connectivity index (χ1v) is 11.4. The quantitative estimate of drug-likeness (QED) is 0.449.